The second-order valence-corrected chi connectivity index (χ2v) is 5.66. The summed E-state index contributed by atoms with van der Waals surface area (Å²) in [5.41, 5.74) is 8.92. The highest BCUT2D eigenvalue weighted by atomic mass is 35.5. The number of rotatable bonds is 4. The topological polar surface area (TPSA) is 53.1 Å². The monoisotopic (exact) mass is 293 g/mol. The molecule has 0 aliphatic rings. The molecule has 1 atom stereocenters. The van der Waals surface area contributed by atoms with Crippen molar-refractivity contribution in [2.75, 3.05) is 7.11 Å². The summed E-state index contributed by atoms with van der Waals surface area (Å²) in [5.74, 6) is 0.820. The fraction of sp³-hybridized carbons (Fsp3) is 0.400. The average Bonchev–Trinajstić information content (AvgIpc) is 2.65. The third-order valence-electron chi connectivity index (χ3n) is 3.56. The molecule has 0 aliphatic heterocycles. The van der Waals surface area contributed by atoms with Crippen LogP contribution in [0, 0.1) is 6.92 Å². The molecule has 5 heteroatoms. The predicted octanol–water partition coefficient (Wildman–Crippen LogP) is 2.81. The number of nitrogens with two attached hydrogens (primary N) is 1. The highest BCUT2D eigenvalue weighted by molar-refractivity contribution is 6.30. The number of hydrogen-bond acceptors (Lipinski definition) is 3. The van der Waals surface area contributed by atoms with E-state index in [2.05, 4.69) is 5.10 Å². The molecule has 0 saturated carbocycles. The van der Waals surface area contributed by atoms with Gasteiger partial charge in [0, 0.05) is 18.2 Å². The molecule has 0 spiro atoms. The maximum Gasteiger partial charge on any atom is 0.130 e. The molecule has 2 N–H and O–H groups in total. The van der Waals surface area contributed by atoms with E-state index in [-0.39, 0.29) is 0 Å². The Morgan fingerprint density at radius 3 is 2.40 bits per heavy atom. The lowest BCUT2D eigenvalue weighted by molar-refractivity contribution is 0.413. The van der Waals surface area contributed by atoms with E-state index in [0.29, 0.717) is 11.6 Å². The zero-order chi connectivity index (χ0) is 14.9. The lowest BCUT2D eigenvalue weighted by Crippen LogP contribution is -2.35. The van der Waals surface area contributed by atoms with Gasteiger partial charge < -0.3 is 10.5 Å². The number of benzene rings is 1. The quantitative estimate of drug-likeness (QED) is 0.943. The lowest BCUT2D eigenvalue weighted by atomic mass is 9.87. The zero-order valence-electron chi connectivity index (χ0n) is 12.3. The minimum atomic E-state index is -0.510. The van der Waals surface area contributed by atoms with Crippen LogP contribution in [0.15, 0.2) is 24.3 Å². The second-order valence-electron chi connectivity index (χ2n) is 5.30. The molecule has 0 amide bonds. The summed E-state index contributed by atoms with van der Waals surface area (Å²) in [6.07, 6.45) is 0.637. The van der Waals surface area contributed by atoms with Crippen molar-refractivity contribution in [1.29, 1.82) is 0 Å². The zero-order valence-corrected chi connectivity index (χ0v) is 13.0. The first-order chi connectivity index (χ1) is 9.35. The van der Waals surface area contributed by atoms with Crippen molar-refractivity contribution in [2.45, 2.75) is 25.8 Å². The highest BCUT2D eigenvalue weighted by Gasteiger charge is 2.25. The number of ether oxygens (including phenoxy) is 1. The summed E-state index contributed by atoms with van der Waals surface area (Å²) >= 11 is 6.28. The number of aryl methyl sites for hydroxylation is 2. The molecule has 20 heavy (non-hydrogen) atoms. The van der Waals surface area contributed by atoms with Gasteiger partial charge in [0.1, 0.15) is 10.9 Å². The van der Waals surface area contributed by atoms with E-state index in [9.17, 15) is 0 Å². The van der Waals surface area contributed by atoms with Crippen molar-refractivity contribution in [1.82, 2.24) is 9.78 Å². The van der Waals surface area contributed by atoms with Gasteiger partial charge in [-0.2, -0.15) is 5.10 Å². The van der Waals surface area contributed by atoms with Gasteiger partial charge in [-0.3, -0.25) is 4.68 Å². The lowest BCUT2D eigenvalue weighted by Gasteiger charge is -2.25. The Morgan fingerprint density at radius 1 is 1.35 bits per heavy atom. The van der Waals surface area contributed by atoms with Crippen LogP contribution >= 0.6 is 11.6 Å². The molecule has 1 unspecified atom stereocenters. The minimum absolute atomic E-state index is 0.510. The fourth-order valence-electron chi connectivity index (χ4n) is 2.32. The van der Waals surface area contributed by atoms with Gasteiger partial charge in [0.05, 0.1) is 12.8 Å². The van der Waals surface area contributed by atoms with Crippen LogP contribution in [0.3, 0.4) is 0 Å². The van der Waals surface area contributed by atoms with Crippen LogP contribution in [-0.4, -0.2) is 16.9 Å². The van der Waals surface area contributed by atoms with Crippen molar-refractivity contribution in [3.05, 3.63) is 46.2 Å². The summed E-state index contributed by atoms with van der Waals surface area (Å²) in [7, 11) is 3.48. The molecule has 0 saturated heterocycles. The molecule has 1 aromatic heterocycles. The van der Waals surface area contributed by atoms with E-state index in [1.54, 1.807) is 11.8 Å². The number of methoxy groups -OCH3 is 1. The summed E-state index contributed by atoms with van der Waals surface area (Å²) in [6, 6.07) is 7.80. The SMILES string of the molecule is COc1ccc(C(C)(N)Cc2c(C)nn(C)c2Cl)cc1. The Morgan fingerprint density at radius 2 is 1.95 bits per heavy atom. The Labute approximate surface area is 124 Å². The molecule has 2 aromatic rings. The van der Waals surface area contributed by atoms with Gasteiger partial charge in [-0.05, 0) is 38.0 Å². The van der Waals surface area contributed by atoms with Gasteiger partial charge >= 0.3 is 0 Å². The highest BCUT2D eigenvalue weighted by Crippen LogP contribution is 2.29. The van der Waals surface area contributed by atoms with Crippen LogP contribution in [0.25, 0.3) is 0 Å². The summed E-state index contributed by atoms with van der Waals surface area (Å²) in [4.78, 5) is 0. The van der Waals surface area contributed by atoms with E-state index in [0.717, 1.165) is 22.6 Å². The summed E-state index contributed by atoms with van der Waals surface area (Å²) in [6.45, 7) is 3.95. The first-order valence-corrected chi connectivity index (χ1v) is 6.84. The molecule has 0 aliphatic carbocycles. The standard InChI is InChI=1S/C15H20ClN3O/c1-10-13(14(16)19(3)18-10)9-15(2,17)11-5-7-12(20-4)8-6-11/h5-8H,9,17H2,1-4H3. The van der Waals surface area contributed by atoms with Gasteiger partial charge in [-0.15, -0.1) is 0 Å². The predicted molar refractivity (Wildman–Crippen MR) is 81.2 cm³/mol. The summed E-state index contributed by atoms with van der Waals surface area (Å²) in [5, 5.41) is 4.97. The number of nitrogens with zero attached hydrogens (tertiary/aromatic N) is 2. The first-order valence-electron chi connectivity index (χ1n) is 6.46. The molecule has 0 bridgehead atoms. The van der Waals surface area contributed by atoms with Crippen LogP contribution in [-0.2, 0) is 19.0 Å². The van der Waals surface area contributed by atoms with E-state index >= 15 is 0 Å². The van der Waals surface area contributed by atoms with Crippen molar-refractivity contribution >= 4 is 11.6 Å². The van der Waals surface area contributed by atoms with Crippen LogP contribution in [0.5, 0.6) is 5.75 Å². The Balaban J connectivity index is 2.29. The van der Waals surface area contributed by atoms with E-state index < -0.39 is 5.54 Å². The molecular weight excluding hydrogens is 274 g/mol. The van der Waals surface area contributed by atoms with E-state index in [1.165, 1.54) is 0 Å². The molecule has 2 rings (SSSR count). The van der Waals surface area contributed by atoms with Crippen LogP contribution in [0.2, 0.25) is 5.15 Å². The Kier molecular flexibility index (Phi) is 4.06. The second kappa shape index (κ2) is 5.46. The van der Waals surface area contributed by atoms with Crippen LogP contribution in [0.4, 0.5) is 0 Å². The summed E-state index contributed by atoms with van der Waals surface area (Å²) < 4.78 is 6.84. The van der Waals surface area contributed by atoms with Crippen molar-refractivity contribution in [2.24, 2.45) is 12.8 Å². The third-order valence-corrected chi connectivity index (χ3v) is 4.04. The maximum atomic E-state index is 6.47. The molecule has 1 aromatic carbocycles. The van der Waals surface area contributed by atoms with Crippen molar-refractivity contribution in [3.63, 3.8) is 0 Å². The molecule has 0 fully saturated rings. The molecule has 1 heterocycles. The fourth-order valence-corrected chi connectivity index (χ4v) is 2.56. The van der Waals surface area contributed by atoms with Gasteiger partial charge in [0.2, 0.25) is 0 Å². The maximum absolute atomic E-state index is 6.47. The van der Waals surface area contributed by atoms with Crippen molar-refractivity contribution in [3.8, 4) is 5.75 Å². The number of hydrogen-bond donors (Lipinski definition) is 1. The van der Waals surface area contributed by atoms with E-state index in [4.69, 9.17) is 22.1 Å². The van der Waals surface area contributed by atoms with Gasteiger partial charge in [0.25, 0.3) is 0 Å². The molecule has 4 nitrogen and oxygen atoms in total. The van der Waals surface area contributed by atoms with Crippen LogP contribution < -0.4 is 10.5 Å². The molecule has 108 valence electrons. The smallest absolute Gasteiger partial charge is 0.130 e. The van der Waals surface area contributed by atoms with Gasteiger partial charge in [0.15, 0.2) is 0 Å². The Hall–Kier alpha value is -1.52. The first kappa shape index (κ1) is 14.9. The molecule has 0 radical (unpaired) electrons. The largest absolute Gasteiger partial charge is 0.497 e. The normalized spacial score (nSPS) is 14.1. The van der Waals surface area contributed by atoms with E-state index in [1.807, 2.05) is 45.2 Å². The van der Waals surface area contributed by atoms with Gasteiger partial charge in [-0.25, -0.2) is 0 Å². The number of halogens is 1. The third kappa shape index (κ3) is 2.81. The Bertz CT molecular complexity index is 602. The number of aromatic nitrogens is 2. The molecular formula is C15H20ClN3O. The van der Waals surface area contributed by atoms with Gasteiger partial charge in [-0.1, -0.05) is 23.7 Å². The van der Waals surface area contributed by atoms with Crippen LogP contribution in [0.1, 0.15) is 23.7 Å². The van der Waals surface area contributed by atoms with Crippen molar-refractivity contribution < 1.29 is 4.74 Å². The average molecular weight is 294 g/mol. The minimum Gasteiger partial charge on any atom is -0.497 e.